The van der Waals surface area contributed by atoms with Crippen molar-refractivity contribution in [1.82, 2.24) is 9.97 Å². The van der Waals surface area contributed by atoms with Gasteiger partial charge in [0.25, 0.3) is 0 Å². The van der Waals surface area contributed by atoms with Crippen LogP contribution in [0.1, 0.15) is 26.7 Å². The molecule has 0 saturated carbocycles. The summed E-state index contributed by atoms with van der Waals surface area (Å²) in [7, 11) is 0. The van der Waals surface area contributed by atoms with Gasteiger partial charge in [-0.25, -0.2) is 4.98 Å². The van der Waals surface area contributed by atoms with Gasteiger partial charge < -0.3 is 9.72 Å². The number of hydrogen-bond donors (Lipinski definition) is 1. The number of rotatable bonds is 6. The van der Waals surface area contributed by atoms with Crippen molar-refractivity contribution in [3.8, 4) is 0 Å². The predicted molar refractivity (Wildman–Crippen MR) is 59.8 cm³/mol. The number of thioether (sulfide) groups is 1. The molecule has 15 heavy (non-hydrogen) atoms. The number of H-pyrrole nitrogens is 1. The van der Waals surface area contributed by atoms with Crippen LogP contribution in [0.15, 0.2) is 17.6 Å². The van der Waals surface area contributed by atoms with Crippen LogP contribution >= 0.6 is 11.8 Å². The number of carbonyl (C=O) groups is 1. The van der Waals surface area contributed by atoms with Crippen molar-refractivity contribution in [2.24, 2.45) is 0 Å². The Balaban J connectivity index is 2.27. The highest BCUT2D eigenvalue weighted by Gasteiger charge is 2.16. The normalized spacial score (nSPS) is 12.4. The van der Waals surface area contributed by atoms with Gasteiger partial charge in [-0.3, -0.25) is 4.79 Å². The van der Waals surface area contributed by atoms with Gasteiger partial charge in [0.15, 0.2) is 5.16 Å². The van der Waals surface area contributed by atoms with E-state index in [2.05, 4.69) is 16.9 Å². The second kappa shape index (κ2) is 6.50. The molecule has 0 spiro atoms. The van der Waals surface area contributed by atoms with Crippen molar-refractivity contribution in [3.63, 3.8) is 0 Å². The summed E-state index contributed by atoms with van der Waals surface area (Å²) in [5.74, 6) is -0.176. The topological polar surface area (TPSA) is 55.0 Å². The first-order valence-electron chi connectivity index (χ1n) is 5.06. The largest absolute Gasteiger partial charge is 0.465 e. The minimum absolute atomic E-state index is 0.176. The van der Waals surface area contributed by atoms with Crippen LogP contribution in [0.2, 0.25) is 0 Å². The molecular formula is C10H16N2O2S. The number of aromatic amines is 1. The Hall–Kier alpha value is -0.970. The highest BCUT2D eigenvalue weighted by atomic mass is 32.2. The van der Waals surface area contributed by atoms with Gasteiger partial charge in [0, 0.05) is 12.4 Å². The molecule has 84 valence electrons. The van der Waals surface area contributed by atoms with Crippen LogP contribution in [-0.4, -0.2) is 27.8 Å². The van der Waals surface area contributed by atoms with Crippen LogP contribution in [0.5, 0.6) is 0 Å². The number of carbonyl (C=O) groups excluding carboxylic acids is 1. The molecule has 1 rings (SSSR count). The van der Waals surface area contributed by atoms with E-state index in [1.807, 2.05) is 6.92 Å². The summed E-state index contributed by atoms with van der Waals surface area (Å²) < 4.78 is 5.09. The van der Waals surface area contributed by atoms with Crippen LogP contribution in [0.25, 0.3) is 0 Å². The number of nitrogens with zero attached hydrogens (tertiary/aromatic N) is 1. The van der Waals surface area contributed by atoms with E-state index in [1.54, 1.807) is 12.4 Å². The van der Waals surface area contributed by atoms with E-state index in [1.165, 1.54) is 11.8 Å². The summed E-state index contributed by atoms with van der Waals surface area (Å²) in [4.78, 5) is 18.4. The average Bonchev–Trinajstić information content (AvgIpc) is 2.70. The Labute approximate surface area is 93.8 Å². The zero-order valence-electron chi connectivity index (χ0n) is 9.03. The lowest BCUT2D eigenvalue weighted by Crippen LogP contribution is -2.17. The van der Waals surface area contributed by atoms with Gasteiger partial charge >= 0.3 is 5.97 Å². The summed E-state index contributed by atoms with van der Waals surface area (Å²) in [6.45, 7) is 4.40. The molecule has 1 aromatic rings. The minimum Gasteiger partial charge on any atom is -0.465 e. The fraction of sp³-hybridized carbons (Fsp3) is 0.600. The van der Waals surface area contributed by atoms with E-state index in [0.29, 0.717) is 6.61 Å². The zero-order chi connectivity index (χ0) is 11.1. The number of unbranched alkanes of at least 4 members (excludes halogenated alkanes) is 1. The fourth-order valence-electron chi connectivity index (χ4n) is 0.965. The minimum atomic E-state index is -0.215. The summed E-state index contributed by atoms with van der Waals surface area (Å²) in [5, 5.41) is 0.531. The number of imidazole rings is 1. The lowest BCUT2D eigenvalue weighted by atomic mass is 10.4. The van der Waals surface area contributed by atoms with Crippen LogP contribution in [0, 0.1) is 0 Å². The Bertz CT molecular complexity index is 288. The van der Waals surface area contributed by atoms with E-state index in [-0.39, 0.29) is 11.2 Å². The number of hydrogen-bond acceptors (Lipinski definition) is 4. The summed E-state index contributed by atoms with van der Waals surface area (Å²) in [6, 6.07) is 0. The lowest BCUT2D eigenvalue weighted by molar-refractivity contribution is -0.142. The SMILES string of the molecule is CCCCOC(=O)C(C)Sc1ncc[nH]1. The first-order valence-corrected chi connectivity index (χ1v) is 5.94. The van der Waals surface area contributed by atoms with Crippen LogP contribution in [-0.2, 0) is 9.53 Å². The third kappa shape index (κ3) is 4.38. The van der Waals surface area contributed by atoms with Gasteiger partial charge in [-0.15, -0.1) is 0 Å². The predicted octanol–water partition coefficient (Wildman–Crippen LogP) is 2.23. The maximum Gasteiger partial charge on any atom is 0.319 e. The van der Waals surface area contributed by atoms with E-state index in [9.17, 15) is 4.79 Å². The molecule has 5 heteroatoms. The molecule has 1 N–H and O–H groups in total. The molecule has 0 saturated heterocycles. The molecule has 0 aliphatic rings. The third-order valence-corrected chi connectivity index (χ3v) is 2.83. The van der Waals surface area contributed by atoms with Crippen LogP contribution in [0.4, 0.5) is 0 Å². The van der Waals surface area contributed by atoms with Gasteiger partial charge in [0.05, 0.1) is 6.61 Å². The van der Waals surface area contributed by atoms with Gasteiger partial charge in [-0.2, -0.15) is 0 Å². The molecule has 0 aliphatic heterocycles. The molecule has 1 unspecified atom stereocenters. The van der Waals surface area contributed by atoms with Gasteiger partial charge in [-0.05, 0) is 13.3 Å². The maximum absolute atomic E-state index is 11.5. The second-order valence-electron chi connectivity index (χ2n) is 3.18. The lowest BCUT2D eigenvalue weighted by Gasteiger charge is -2.08. The van der Waals surface area contributed by atoms with Crippen molar-refractivity contribution in [3.05, 3.63) is 12.4 Å². The van der Waals surface area contributed by atoms with Crippen molar-refractivity contribution in [1.29, 1.82) is 0 Å². The van der Waals surface area contributed by atoms with E-state index >= 15 is 0 Å². The molecule has 4 nitrogen and oxygen atoms in total. The number of ether oxygens (including phenoxy) is 1. The van der Waals surface area contributed by atoms with Gasteiger partial charge in [0.2, 0.25) is 0 Å². The molecule has 1 atom stereocenters. The number of aromatic nitrogens is 2. The molecule has 0 radical (unpaired) electrons. The Morgan fingerprint density at radius 1 is 1.73 bits per heavy atom. The number of esters is 1. The van der Waals surface area contributed by atoms with Crippen molar-refractivity contribution < 1.29 is 9.53 Å². The standard InChI is InChI=1S/C10H16N2O2S/c1-3-4-7-14-9(13)8(2)15-10-11-5-6-12-10/h5-6,8H,3-4,7H2,1-2H3,(H,11,12). The highest BCUT2D eigenvalue weighted by Crippen LogP contribution is 2.19. The summed E-state index contributed by atoms with van der Waals surface area (Å²) in [5.41, 5.74) is 0. The molecule has 1 heterocycles. The molecule has 0 bridgehead atoms. The smallest absolute Gasteiger partial charge is 0.319 e. The average molecular weight is 228 g/mol. The maximum atomic E-state index is 11.5. The first-order chi connectivity index (χ1) is 7.24. The Morgan fingerprint density at radius 2 is 2.53 bits per heavy atom. The van der Waals surface area contributed by atoms with Crippen molar-refractivity contribution in [2.45, 2.75) is 37.1 Å². The molecule has 1 aromatic heterocycles. The van der Waals surface area contributed by atoms with Crippen LogP contribution < -0.4 is 0 Å². The van der Waals surface area contributed by atoms with E-state index in [0.717, 1.165) is 18.0 Å². The van der Waals surface area contributed by atoms with Crippen molar-refractivity contribution in [2.75, 3.05) is 6.61 Å². The van der Waals surface area contributed by atoms with E-state index in [4.69, 9.17) is 4.74 Å². The monoisotopic (exact) mass is 228 g/mol. The second-order valence-corrected chi connectivity index (χ2v) is 4.50. The molecule has 0 aromatic carbocycles. The number of nitrogens with one attached hydrogen (secondary N) is 1. The molecule has 0 aliphatic carbocycles. The first kappa shape index (κ1) is 12.1. The summed E-state index contributed by atoms with van der Waals surface area (Å²) >= 11 is 1.38. The molecular weight excluding hydrogens is 212 g/mol. The van der Waals surface area contributed by atoms with Gasteiger partial charge in [-0.1, -0.05) is 25.1 Å². The van der Waals surface area contributed by atoms with Crippen molar-refractivity contribution >= 4 is 17.7 Å². The highest BCUT2D eigenvalue weighted by molar-refractivity contribution is 8.00. The van der Waals surface area contributed by atoms with Gasteiger partial charge in [0.1, 0.15) is 5.25 Å². The summed E-state index contributed by atoms with van der Waals surface area (Å²) in [6.07, 6.45) is 5.35. The Morgan fingerprint density at radius 3 is 3.13 bits per heavy atom. The quantitative estimate of drug-likeness (QED) is 0.461. The zero-order valence-corrected chi connectivity index (χ0v) is 9.84. The molecule has 0 amide bonds. The third-order valence-electron chi connectivity index (χ3n) is 1.84. The van der Waals surface area contributed by atoms with Crippen LogP contribution in [0.3, 0.4) is 0 Å². The van der Waals surface area contributed by atoms with E-state index < -0.39 is 0 Å². The fourth-order valence-corrected chi connectivity index (χ4v) is 1.72. The Kier molecular flexibility index (Phi) is 5.25. The molecule has 0 fully saturated rings.